The Kier molecular flexibility index (Phi) is 5.74. The molecule has 6 nitrogen and oxygen atoms in total. The van der Waals surface area contributed by atoms with Crippen LogP contribution >= 0.6 is 0 Å². The molecule has 0 unspecified atom stereocenters. The molecule has 218 valence electrons. The lowest BCUT2D eigenvalue weighted by molar-refractivity contribution is 0.657. The molecule has 0 atom stereocenters. The predicted octanol–water partition coefficient (Wildman–Crippen LogP) is 9.07. The Morgan fingerprint density at radius 1 is 0.522 bits per heavy atom. The van der Waals surface area contributed by atoms with Crippen molar-refractivity contribution in [1.29, 1.82) is 0 Å². The van der Waals surface area contributed by atoms with Crippen LogP contribution in [0.5, 0.6) is 0 Å². The van der Waals surface area contributed by atoms with E-state index >= 15 is 0 Å². The Bertz CT molecular complexity index is 2390. The van der Waals surface area contributed by atoms with E-state index in [1.54, 1.807) is 6.20 Å². The van der Waals surface area contributed by atoms with E-state index in [9.17, 15) is 0 Å². The first-order chi connectivity index (χ1) is 22.6. The molecule has 1 aliphatic rings. The van der Waals surface area contributed by atoms with Crippen molar-refractivity contribution in [3.8, 4) is 51.1 Å². The van der Waals surface area contributed by atoms with Gasteiger partial charge in [-0.3, -0.25) is 0 Å². The first-order valence-electron chi connectivity index (χ1n) is 15.4. The van der Waals surface area contributed by atoms with Crippen LogP contribution in [0.15, 0.2) is 134 Å². The van der Waals surface area contributed by atoms with Gasteiger partial charge in [-0.2, -0.15) is 10.2 Å². The van der Waals surface area contributed by atoms with Crippen LogP contribution in [0.1, 0.15) is 25.0 Å². The highest BCUT2D eigenvalue weighted by Gasteiger charge is 2.37. The molecule has 0 bridgehead atoms. The van der Waals surface area contributed by atoms with Crippen LogP contribution in [0.2, 0.25) is 0 Å². The molecule has 3 aromatic heterocycles. The van der Waals surface area contributed by atoms with Crippen LogP contribution in [-0.2, 0) is 5.41 Å². The van der Waals surface area contributed by atoms with Gasteiger partial charge in [-0.15, -0.1) is 0 Å². The molecule has 0 aliphatic heterocycles. The standard InChI is InChI=1S/C40H28N6/c1-40(2)32-20-21-41-45-36(32)31-23-30-29-18-9-10-19-34(29)46(35(30)24-33(31)40)28-17-11-16-27(22-28)39-43-37(25-12-5-3-6-13-25)42-38(44-39)26-14-7-4-8-15-26/h3-24H,1-2H3. The summed E-state index contributed by atoms with van der Waals surface area (Å²) in [4.78, 5) is 14.9. The number of para-hydroxylation sites is 1. The fraction of sp³-hybridized carbons (Fsp3) is 0.0750. The average molecular weight is 593 g/mol. The number of aromatic nitrogens is 6. The highest BCUT2D eigenvalue weighted by atomic mass is 15.1. The Balaban J connectivity index is 1.26. The molecule has 5 aromatic carbocycles. The molecule has 0 saturated carbocycles. The van der Waals surface area contributed by atoms with E-state index in [0.717, 1.165) is 44.7 Å². The van der Waals surface area contributed by atoms with Gasteiger partial charge in [0.05, 0.1) is 16.7 Å². The van der Waals surface area contributed by atoms with Crippen molar-refractivity contribution in [2.24, 2.45) is 0 Å². The molecule has 0 amide bonds. The van der Waals surface area contributed by atoms with E-state index < -0.39 is 0 Å². The lowest BCUT2D eigenvalue weighted by Crippen LogP contribution is -2.15. The largest absolute Gasteiger partial charge is 0.309 e. The van der Waals surface area contributed by atoms with Gasteiger partial charge in [0.2, 0.25) is 0 Å². The molecule has 1 aliphatic carbocycles. The van der Waals surface area contributed by atoms with Crippen LogP contribution in [-0.4, -0.2) is 29.7 Å². The number of rotatable bonds is 4. The summed E-state index contributed by atoms with van der Waals surface area (Å²) < 4.78 is 2.36. The van der Waals surface area contributed by atoms with Gasteiger partial charge in [-0.1, -0.05) is 105 Å². The molecule has 0 N–H and O–H groups in total. The minimum absolute atomic E-state index is 0.190. The summed E-state index contributed by atoms with van der Waals surface area (Å²) in [6.45, 7) is 4.54. The molecule has 0 spiro atoms. The fourth-order valence-electron chi connectivity index (χ4n) is 6.91. The lowest BCUT2D eigenvalue weighted by Gasteiger charge is -2.21. The zero-order chi connectivity index (χ0) is 30.8. The van der Waals surface area contributed by atoms with Crippen molar-refractivity contribution < 1.29 is 0 Å². The van der Waals surface area contributed by atoms with Gasteiger partial charge in [0.25, 0.3) is 0 Å². The second kappa shape index (κ2) is 10.0. The quantitative estimate of drug-likeness (QED) is 0.204. The molecule has 8 aromatic rings. The second-order valence-electron chi connectivity index (χ2n) is 12.3. The van der Waals surface area contributed by atoms with Crippen LogP contribution in [0, 0.1) is 0 Å². The van der Waals surface area contributed by atoms with Gasteiger partial charge in [-0.05, 0) is 47.5 Å². The summed E-state index contributed by atoms with van der Waals surface area (Å²) in [7, 11) is 0. The topological polar surface area (TPSA) is 69.4 Å². The summed E-state index contributed by atoms with van der Waals surface area (Å²) in [6, 6.07) is 44.0. The van der Waals surface area contributed by atoms with Crippen LogP contribution in [0.4, 0.5) is 0 Å². The zero-order valence-electron chi connectivity index (χ0n) is 25.4. The highest BCUT2D eigenvalue weighted by molar-refractivity contribution is 6.11. The summed E-state index contributed by atoms with van der Waals surface area (Å²) in [5.74, 6) is 1.92. The molecule has 0 radical (unpaired) electrons. The first kappa shape index (κ1) is 26.4. The zero-order valence-corrected chi connectivity index (χ0v) is 25.4. The van der Waals surface area contributed by atoms with Crippen molar-refractivity contribution in [1.82, 2.24) is 29.7 Å². The van der Waals surface area contributed by atoms with Gasteiger partial charge >= 0.3 is 0 Å². The van der Waals surface area contributed by atoms with E-state index in [4.69, 9.17) is 15.0 Å². The summed E-state index contributed by atoms with van der Waals surface area (Å²) in [6.07, 6.45) is 1.79. The lowest BCUT2D eigenvalue weighted by atomic mass is 9.82. The van der Waals surface area contributed by atoms with Crippen LogP contribution in [0.3, 0.4) is 0 Å². The SMILES string of the molecule is CC1(C)c2cc3c(cc2-c2nnccc21)c1ccccc1n3-c1cccc(-c2nc(-c3ccccc3)nc(-c3ccccc3)n2)c1. The van der Waals surface area contributed by atoms with Crippen molar-refractivity contribution in [3.05, 3.63) is 145 Å². The Hall–Kier alpha value is -6.01. The van der Waals surface area contributed by atoms with Crippen LogP contribution < -0.4 is 0 Å². The van der Waals surface area contributed by atoms with Gasteiger partial charge in [0.1, 0.15) is 0 Å². The van der Waals surface area contributed by atoms with E-state index in [0.29, 0.717) is 17.5 Å². The summed E-state index contributed by atoms with van der Waals surface area (Å²) in [5, 5.41) is 11.2. The monoisotopic (exact) mass is 592 g/mol. The van der Waals surface area contributed by atoms with Gasteiger partial charge < -0.3 is 4.57 Å². The number of nitrogens with zero attached hydrogens (tertiary/aromatic N) is 6. The molecule has 0 saturated heterocycles. The number of hydrogen-bond acceptors (Lipinski definition) is 5. The fourth-order valence-corrected chi connectivity index (χ4v) is 6.91. The molecular formula is C40H28N6. The maximum Gasteiger partial charge on any atom is 0.164 e. The minimum atomic E-state index is -0.190. The van der Waals surface area contributed by atoms with Crippen molar-refractivity contribution in [2.75, 3.05) is 0 Å². The third-order valence-corrected chi connectivity index (χ3v) is 9.20. The second-order valence-corrected chi connectivity index (χ2v) is 12.3. The average Bonchev–Trinajstić information content (AvgIpc) is 3.56. The molecule has 6 heteroatoms. The number of fused-ring (bicyclic) bond motifs is 6. The molecular weight excluding hydrogens is 564 g/mol. The third-order valence-electron chi connectivity index (χ3n) is 9.20. The number of benzene rings is 5. The maximum absolute atomic E-state index is 4.99. The Morgan fingerprint density at radius 3 is 1.87 bits per heavy atom. The molecule has 0 fully saturated rings. The predicted molar refractivity (Wildman–Crippen MR) is 184 cm³/mol. The third kappa shape index (κ3) is 4.00. The van der Waals surface area contributed by atoms with Gasteiger partial charge in [0, 0.05) is 50.3 Å². The summed E-state index contributed by atoms with van der Waals surface area (Å²) in [5.41, 5.74) is 10.6. The molecule has 46 heavy (non-hydrogen) atoms. The van der Waals surface area contributed by atoms with E-state index in [1.807, 2.05) is 60.7 Å². The van der Waals surface area contributed by atoms with Crippen LogP contribution in [0.25, 0.3) is 72.9 Å². The molecule has 3 heterocycles. The van der Waals surface area contributed by atoms with Gasteiger partial charge in [-0.25, -0.2) is 15.0 Å². The van der Waals surface area contributed by atoms with E-state index in [1.165, 1.54) is 21.9 Å². The smallest absolute Gasteiger partial charge is 0.164 e. The minimum Gasteiger partial charge on any atom is -0.309 e. The highest BCUT2D eigenvalue weighted by Crippen LogP contribution is 2.50. The maximum atomic E-state index is 4.99. The summed E-state index contributed by atoms with van der Waals surface area (Å²) >= 11 is 0. The van der Waals surface area contributed by atoms with E-state index in [-0.39, 0.29) is 5.41 Å². The van der Waals surface area contributed by atoms with Crippen molar-refractivity contribution >= 4 is 21.8 Å². The Labute approximate surface area is 266 Å². The number of hydrogen-bond donors (Lipinski definition) is 0. The van der Waals surface area contributed by atoms with Gasteiger partial charge in [0.15, 0.2) is 17.5 Å². The van der Waals surface area contributed by atoms with E-state index in [2.05, 4.69) is 95.3 Å². The van der Waals surface area contributed by atoms with Crippen molar-refractivity contribution in [3.63, 3.8) is 0 Å². The Morgan fingerprint density at radius 2 is 1.15 bits per heavy atom. The normalized spacial score (nSPS) is 13.2. The first-order valence-corrected chi connectivity index (χ1v) is 15.4. The van der Waals surface area contributed by atoms with Crippen molar-refractivity contribution in [2.45, 2.75) is 19.3 Å². The molecule has 9 rings (SSSR count).